The van der Waals surface area contributed by atoms with Crippen LogP contribution in [0.25, 0.3) is 0 Å². The Labute approximate surface area is 126 Å². The Kier molecular flexibility index (Phi) is 3.92. The van der Waals surface area contributed by atoms with Gasteiger partial charge in [0.25, 0.3) is 0 Å². The Bertz CT molecular complexity index is 619. The van der Waals surface area contributed by atoms with Gasteiger partial charge in [0.05, 0.1) is 6.54 Å². The van der Waals surface area contributed by atoms with E-state index in [9.17, 15) is 0 Å². The Hall–Kier alpha value is -1.88. The van der Waals surface area contributed by atoms with Gasteiger partial charge in [-0.2, -0.15) is 0 Å². The molecular weight excluding hydrogens is 262 g/mol. The first-order valence-corrected chi connectivity index (χ1v) is 7.56. The summed E-state index contributed by atoms with van der Waals surface area (Å²) in [5.41, 5.74) is 2.70. The molecule has 0 spiro atoms. The molecule has 3 rings (SSSR count). The van der Waals surface area contributed by atoms with Gasteiger partial charge in [-0.3, -0.25) is 0 Å². The van der Waals surface area contributed by atoms with Crippen LogP contribution in [0.15, 0.2) is 24.3 Å². The Morgan fingerprint density at radius 1 is 1.29 bits per heavy atom. The topological polar surface area (TPSA) is 46.0 Å². The number of hydrogen-bond acceptors (Lipinski definition) is 4. The van der Waals surface area contributed by atoms with Gasteiger partial charge in [-0.15, -0.1) is 10.2 Å². The molecule has 0 amide bonds. The highest BCUT2D eigenvalue weighted by atomic mass is 15.3. The van der Waals surface area contributed by atoms with Gasteiger partial charge in [0, 0.05) is 25.3 Å². The number of aryl methyl sites for hydroxylation is 1. The van der Waals surface area contributed by atoms with E-state index in [1.807, 2.05) is 21.0 Å². The highest BCUT2D eigenvalue weighted by molar-refractivity contribution is 5.55. The van der Waals surface area contributed by atoms with E-state index in [4.69, 9.17) is 0 Å². The fourth-order valence-electron chi connectivity index (χ4n) is 3.06. The third kappa shape index (κ3) is 2.65. The summed E-state index contributed by atoms with van der Waals surface area (Å²) in [6.07, 6.45) is 2.35. The maximum absolute atomic E-state index is 4.31. The van der Waals surface area contributed by atoms with Crippen LogP contribution >= 0.6 is 0 Å². The minimum Gasteiger partial charge on any atom is -0.364 e. The fourth-order valence-corrected chi connectivity index (χ4v) is 3.06. The van der Waals surface area contributed by atoms with Crippen LogP contribution in [-0.4, -0.2) is 28.4 Å². The highest BCUT2D eigenvalue weighted by Gasteiger charge is 2.22. The summed E-state index contributed by atoms with van der Waals surface area (Å²) in [5, 5.41) is 11.9. The summed E-state index contributed by atoms with van der Waals surface area (Å²) in [6, 6.07) is 9.13. The number of fused-ring (bicyclic) bond motifs is 1. The van der Waals surface area contributed by atoms with E-state index < -0.39 is 0 Å². The quantitative estimate of drug-likeness (QED) is 0.939. The van der Waals surface area contributed by atoms with Crippen LogP contribution in [0.3, 0.4) is 0 Å². The molecule has 0 saturated heterocycles. The third-order valence-electron chi connectivity index (χ3n) is 4.44. The zero-order valence-electron chi connectivity index (χ0n) is 13.0. The number of aromatic nitrogens is 3. The van der Waals surface area contributed by atoms with Crippen molar-refractivity contribution in [1.82, 2.24) is 20.1 Å². The lowest BCUT2D eigenvalue weighted by atomic mass is 10.0. The zero-order chi connectivity index (χ0) is 14.8. The molecule has 5 heteroatoms. The van der Waals surface area contributed by atoms with Crippen molar-refractivity contribution in [2.75, 3.05) is 18.5 Å². The number of nitrogens with one attached hydrogen (secondary N) is 1. The van der Waals surface area contributed by atoms with E-state index in [-0.39, 0.29) is 0 Å². The SMILES string of the molecule is CNC1CCCN(Cc2nnc(C)n2C)c2ccccc21. The predicted octanol–water partition coefficient (Wildman–Crippen LogP) is 2.18. The number of benzene rings is 1. The van der Waals surface area contributed by atoms with Gasteiger partial charge in [-0.1, -0.05) is 18.2 Å². The molecule has 21 heavy (non-hydrogen) atoms. The predicted molar refractivity (Wildman–Crippen MR) is 84.3 cm³/mol. The van der Waals surface area contributed by atoms with E-state index in [1.165, 1.54) is 24.1 Å². The van der Waals surface area contributed by atoms with Gasteiger partial charge >= 0.3 is 0 Å². The molecular formula is C16H23N5. The number of anilines is 1. The molecule has 1 N–H and O–H groups in total. The molecule has 2 aromatic rings. The Balaban J connectivity index is 1.93. The average molecular weight is 285 g/mol. The summed E-state index contributed by atoms with van der Waals surface area (Å²) >= 11 is 0. The van der Waals surface area contributed by atoms with Crippen molar-refractivity contribution in [3.8, 4) is 0 Å². The fraction of sp³-hybridized carbons (Fsp3) is 0.500. The van der Waals surface area contributed by atoms with Crippen molar-refractivity contribution in [2.45, 2.75) is 32.4 Å². The second-order valence-electron chi connectivity index (χ2n) is 5.69. The second kappa shape index (κ2) is 5.85. The molecule has 0 saturated carbocycles. The van der Waals surface area contributed by atoms with Gasteiger partial charge in [0.1, 0.15) is 5.82 Å². The third-order valence-corrected chi connectivity index (χ3v) is 4.44. The first-order valence-electron chi connectivity index (χ1n) is 7.56. The first kappa shape index (κ1) is 14.1. The van der Waals surface area contributed by atoms with Gasteiger partial charge in [-0.05, 0) is 38.4 Å². The smallest absolute Gasteiger partial charge is 0.152 e. The first-order chi connectivity index (χ1) is 10.2. The maximum Gasteiger partial charge on any atom is 0.152 e. The highest BCUT2D eigenvalue weighted by Crippen LogP contribution is 2.33. The second-order valence-corrected chi connectivity index (χ2v) is 5.69. The zero-order valence-corrected chi connectivity index (χ0v) is 13.0. The van der Waals surface area contributed by atoms with Crippen LogP contribution in [0.4, 0.5) is 5.69 Å². The summed E-state index contributed by atoms with van der Waals surface area (Å²) in [4.78, 5) is 2.43. The van der Waals surface area contributed by atoms with Crippen LogP contribution < -0.4 is 10.2 Å². The van der Waals surface area contributed by atoms with E-state index in [2.05, 4.69) is 49.2 Å². The van der Waals surface area contributed by atoms with E-state index in [0.29, 0.717) is 6.04 Å². The summed E-state index contributed by atoms with van der Waals surface area (Å²) in [7, 11) is 4.08. The summed E-state index contributed by atoms with van der Waals surface area (Å²) in [5.74, 6) is 1.98. The minimum atomic E-state index is 0.437. The lowest BCUT2D eigenvalue weighted by Crippen LogP contribution is -2.25. The van der Waals surface area contributed by atoms with Crippen molar-refractivity contribution in [3.63, 3.8) is 0 Å². The minimum absolute atomic E-state index is 0.437. The lowest BCUT2D eigenvalue weighted by Gasteiger charge is -2.25. The van der Waals surface area contributed by atoms with Crippen LogP contribution in [0.1, 0.15) is 36.1 Å². The van der Waals surface area contributed by atoms with Crippen LogP contribution in [0, 0.1) is 6.92 Å². The molecule has 1 aliphatic heterocycles. The Morgan fingerprint density at radius 2 is 2.10 bits per heavy atom. The monoisotopic (exact) mass is 285 g/mol. The molecule has 112 valence electrons. The molecule has 1 aromatic carbocycles. The van der Waals surface area contributed by atoms with E-state index in [0.717, 1.165) is 24.7 Å². The summed E-state index contributed by atoms with van der Waals surface area (Å²) < 4.78 is 2.07. The Morgan fingerprint density at radius 3 is 2.81 bits per heavy atom. The molecule has 0 fully saturated rings. The van der Waals surface area contributed by atoms with Crippen LogP contribution in [0.2, 0.25) is 0 Å². The van der Waals surface area contributed by atoms with Gasteiger partial charge in [0.15, 0.2) is 5.82 Å². The van der Waals surface area contributed by atoms with Crippen molar-refractivity contribution in [2.24, 2.45) is 7.05 Å². The van der Waals surface area contributed by atoms with Crippen molar-refractivity contribution in [3.05, 3.63) is 41.5 Å². The van der Waals surface area contributed by atoms with Crippen LogP contribution in [-0.2, 0) is 13.6 Å². The largest absolute Gasteiger partial charge is 0.364 e. The lowest BCUT2D eigenvalue weighted by molar-refractivity contribution is 0.540. The van der Waals surface area contributed by atoms with Crippen molar-refractivity contribution >= 4 is 5.69 Å². The average Bonchev–Trinajstić information content (AvgIpc) is 2.73. The van der Waals surface area contributed by atoms with E-state index >= 15 is 0 Å². The molecule has 0 bridgehead atoms. The normalized spacial score (nSPS) is 18.4. The molecule has 1 unspecified atom stereocenters. The maximum atomic E-state index is 4.31. The molecule has 0 aliphatic carbocycles. The van der Waals surface area contributed by atoms with Gasteiger partial charge < -0.3 is 14.8 Å². The van der Waals surface area contributed by atoms with E-state index in [1.54, 1.807) is 0 Å². The van der Waals surface area contributed by atoms with Crippen molar-refractivity contribution in [1.29, 1.82) is 0 Å². The number of hydrogen-bond donors (Lipinski definition) is 1. The summed E-state index contributed by atoms with van der Waals surface area (Å²) in [6.45, 7) is 3.86. The molecule has 1 aliphatic rings. The van der Waals surface area contributed by atoms with Gasteiger partial charge in [0.2, 0.25) is 0 Å². The van der Waals surface area contributed by atoms with Crippen molar-refractivity contribution < 1.29 is 0 Å². The standard InChI is InChI=1S/C16H23N5/c1-12-18-19-16(20(12)3)11-21-10-6-8-14(17-2)13-7-4-5-9-15(13)21/h4-5,7,9,14,17H,6,8,10-11H2,1-3H3. The number of rotatable bonds is 3. The molecule has 1 atom stereocenters. The number of nitrogens with zero attached hydrogens (tertiary/aromatic N) is 4. The molecule has 1 aromatic heterocycles. The molecule has 5 nitrogen and oxygen atoms in total. The number of para-hydroxylation sites is 1. The molecule has 0 radical (unpaired) electrons. The van der Waals surface area contributed by atoms with Crippen LogP contribution in [0.5, 0.6) is 0 Å². The van der Waals surface area contributed by atoms with Gasteiger partial charge in [-0.25, -0.2) is 0 Å². The molecule has 2 heterocycles.